The first-order valence-electron chi connectivity index (χ1n) is 17.2. The van der Waals surface area contributed by atoms with E-state index in [1.807, 2.05) is 88.0 Å². The molecular formula is C35H64N4O8. The molecule has 0 saturated carbocycles. The van der Waals surface area contributed by atoms with Crippen molar-refractivity contribution in [3.8, 4) is 0 Å². The number of rotatable bonds is 8. The van der Waals surface area contributed by atoms with Crippen LogP contribution in [0.2, 0.25) is 0 Å². The Balaban J connectivity index is 2.45. The maximum absolute atomic E-state index is 13.2. The van der Waals surface area contributed by atoms with Gasteiger partial charge in [0.05, 0.1) is 26.2 Å². The van der Waals surface area contributed by atoms with Gasteiger partial charge in [-0.3, -0.25) is 38.8 Å². The predicted molar refractivity (Wildman–Crippen MR) is 181 cm³/mol. The second-order valence-electron chi connectivity index (χ2n) is 17.0. The van der Waals surface area contributed by atoms with Crippen molar-refractivity contribution in [2.24, 2.45) is 0 Å². The SMILES string of the molecule is CC(C)(C)OC(=O)CN1CCN(CC(=O)OC(C)(C)C)C[C@H]2CCC[C@@H](CN(CC(=O)OC(C)(C)C)CC1)N2CC(=O)OC(C)(C)C. The van der Waals surface area contributed by atoms with Gasteiger partial charge in [-0.15, -0.1) is 0 Å². The Bertz CT molecular complexity index is 1000. The molecule has 2 aliphatic heterocycles. The molecule has 272 valence electrons. The highest BCUT2D eigenvalue weighted by atomic mass is 16.6. The summed E-state index contributed by atoms with van der Waals surface area (Å²) in [6, 6.07) is -0.0726. The van der Waals surface area contributed by atoms with Crippen molar-refractivity contribution in [3.05, 3.63) is 0 Å². The van der Waals surface area contributed by atoms with E-state index < -0.39 is 22.4 Å². The third kappa shape index (κ3) is 17.6. The summed E-state index contributed by atoms with van der Waals surface area (Å²) in [5.41, 5.74) is -2.49. The number of hydrogen-bond donors (Lipinski definition) is 0. The highest BCUT2D eigenvalue weighted by molar-refractivity contribution is 5.73. The molecule has 0 aliphatic carbocycles. The van der Waals surface area contributed by atoms with E-state index in [-0.39, 0.29) is 62.1 Å². The molecule has 0 aromatic carbocycles. The van der Waals surface area contributed by atoms with Gasteiger partial charge in [-0.2, -0.15) is 0 Å². The van der Waals surface area contributed by atoms with Crippen LogP contribution in [-0.4, -0.2) is 143 Å². The third-order valence-electron chi connectivity index (χ3n) is 7.47. The molecule has 2 heterocycles. The van der Waals surface area contributed by atoms with E-state index in [0.717, 1.165) is 19.3 Å². The minimum atomic E-state index is -0.623. The maximum Gasteiger partial charge on any atom is 0.320 e. The van der Waals surface area contributed by atoms with Crippen LogP contribution in [0.4, 0.5) is 0 Å². The van der Waals surface area contributed by atoms with E-state index in [1.165, 1.54) is 0 Å². The predicted octanol–water partition coefficient (Wildman–Crippen LogP) is 3.50. The minimum absolute atomic E-state index is 0.0363. The van der Waals surface area contributed by atoms with Crippen molar-refractivity contribution in [3.63, 3.8) is 0 Å². The van der Waals surface area contributed by atoms with Crippen LogP contribution >= 0.6 is 0 Å². The molecule has 12 nitrogen and oxygen atoms in total. The Labute approximate surface area is 283 Å². The molecule has 2 aliphatic rings. The minimum Gasteiger partial charge on any atom is -0.459 e. The summed E-state index contributed by atoms with van der Waals surface area (Å²) < 4.78 is 22.8. The fourth-order valence-electron chi connectivity index (χ4n) is 5.96. The van der Waals surface area contributed by atoms with E-state index in [9.17, 15) is 19.2 Å². The van der Waals surface area contributed by atoms with E-state index in [4.69, 9.17) is 18.9 Å². The Kier molecular flexibility index (Phi) is 14.7. The molecule has 0 spiro atoms. The molecule has 0 amide bonds. The second-order valence-corrected chi connectivity index (χ2v) is 17.0. The van der Waals surface area contributed by atoms with Gasteiger partial charge in [0.1, 0.15) is 22.4 Å². The zero-order valence-electron chi connectivity index (χ0n) is 31.4. The molecule has 2 fully saturated rings. The molecular weight excluding hydrogens is 604 g/mol. The van der Waals surface area contributed by atoms with Crippen LogP contribution in [0.25, 0.3) is 0 Å². The van der Waals surface area contributed by atoms with Crippen LogP contribution in [0.5, 0.6) is 0 Å². The number of fused-ring (bicyclic) bond motifs is 2. The summed E-state index contributed by atoms with van der Waals surface area (Å²) in [6.07, 6.45) is 2.64. The third-order valence-corrected chi connectivity index (χ3v) is 7.47. The Morgan fingerprint density at radius 3 is 1.06 bits per heavy atom. The largest absolute Gasteiger partial charge is 0.459 e. The van der Waals surface area contributed by atoms with Gasteiger partial charge >= 0.3 is 23.9 Å². The van der Waals surface area contributed by atoms with Gasteiger partial charge < -0.3 is 18.9 Å². The number of esters is 4. The number of carbonyl (C=O) groups excluding carboxylic acids is 4. The van der Waals surface area contributed by atoms with Crippen LogP contribution in [0.15, 0.2) is 0 Å². The number of ether oxygens (including phenoxy) is 4. The lowest BCUT2D eigenvalue weighted by molar-refractivity contribution is -0.161. The molecule has 0 unspecified atom stereocenters. The van der Waals surface area contributed by atoms with Crippen LogP contribution < -0.4 is 0 Å². The lowest BCUT2D eigenvalue weighted by Gasteiger charge is -2.46. The molecule has 47 heavy (non-hydrogen) atoms. The summed E-state index contributed by atoms with van der Waals surface area (Å²) in [5.74, 6) is -1.28. The van der Waals surface area contributed by atoms with Crippen LogP contribution in [0.1, 0.15) is 102 Å². The fraction of sp³-hybridized carbons (Fsp3) is 0.886. The van der Waals surface area contributed by atoms with E-state index in [0.29, 0.717) is 39.3 Å². The molecule has 2 rings (SSSR count). The van der Waals surface area contributed by atoms with Crippen LogP contribution in [0.3, 0.4) is 0 Å². The van der Waals surface area contributed by atoms with Crippen molar-refractivity contribution in [2.75, 3.05) is 65.4 Å². The second kappa shape index (κ2) is 16.9. The van der Waals surface area contributed by atoms with E-state index in [1.54, 1.807) is 0 Å². The van der Waals surface area contributed by atoms with Gasteiger partial charge in [-0.1, -0.05) is 6.42 Å². The van der Waals surface area contributed by atoms with Crippen LogP contribution in [0, 0.1) is 0 Å². The summed E-state index contributed by atoms with van der Waals surface area (Å²) in [7, 11) is 0. The fourth-order valence-corrected chi connectivity index (χ4v) is 5.96. The first-order valence-corrected chi connectivity index (χ1v) is 17.2. The Morgan fingerprint density at radius 2 is 0.745 bits per heavy atom. The van der Waals surface area contributed by atoms with Gasteiger partial charge in [0.15, 0.2) is 0 Å². The monoisotopic (exact) mass is 668 g/mol. The van der Waals surface area contributed by atoms with Crippen molar-refractivity contribution in [2.45, 2.75) is 137 Å². The lowest BCUT2D eigenvalue weighted by atomic mass is 9.94. The van der Waals surface area contributed by atoms with Gasteiger partial charge in [0.2, 0.25) is 0 Å². The average Bonchev–Trinajstić information content (AvgIpc) is 2.82. The standard InChI is InChI=1S/C35H64N4O8/c1-32(2,3)44-28(40)22-36-16-18-37(23-29(41)45-33(4,5)6)20-26-14-13-15-27(39(26)25-31(43)47-35(10,11)12)21-38(19-17-36)24-30(42)46-34(7,8)9/h26-27H,13-25H2,1-12H3/t26-,27+. The Hall–Kier alpha value is -2.28. The normalized spacial score (nSPS) is 22.0. The molecule has 0 N–H and O–H groups in total. The summed E-state index contributed by atoms with van der Waals surface area (Å²) in [6.45, 7) is 25.6. The van der Waals surface area contributed by atoms with Gasteiger partial charge in [0, 0.05) is 51.4 Å². The maximum atomic E-state index is 13.2. The number of nitrogens with zero attached hydrogens (tertiary/aromatic N) is 4. The first-order chi connectivity index (χ1) is 21.4. The smallest absolute Gasteiger partial charge is 0.320 e. The molecule has 0 aromatic heterocycles. The van der Waals surface area contributed by atoms with E-state index in [2.05, 4.69) is 14.7 Å². The topological polar surface area (TPSA) is 118 Å². The number of hydrogen-bond acceptors (Lipinski definition) is 12. The van der Waals surface area contributed by atoms with Gasteiger partial charge in [-0.25, -0.2) is 0 Å². The number of carbonyl (C=O) groups is 4. The molecule has 2 atom stereocenters. The highest BCUT2D eigenvalue weighted by Crippen LogP contribution is 2.26. The van der Waals surface area contributed by atoms with Crippen molar-refractivity contribution in [1.82, 2.24) is 19.6 Å². The molecule has 0 radical (unpaired) electrons. The number of piperidine rings is 1. The van der Waals surface area contributed by atoms with Crippen molar-refractivity contribution < 1.29 is 38.1 Å². The van der Waals surface area contributed by atoms with Gasteiger partial charge in [0.25, 0.3) is 0 Å². The molecule has 2 saturated heterocycles. The first kappa shape index (κ1) is 40.9. The Morgan fingerprint density at radius 1 is 0.468 bits per heavy atom. The van der Waals surface area contributed by atoms with Crippen LogP contribution in [-0.2, 0) is 38.1 Å². The highest BCUT2D eigenvalue weighted by Gasteiger charge is 2.37. The van der Waals surface area contributed by atoms with Crippen molar-refractivity contribution >= 4 is 23.9 Å². The lowest BCUT2D eigenvalue weighted by Crippen LogP contribution is -2.59. The van der Waals surface area contributed by atoms with Gasteiger partial charge in [-0.05, 0) is 95.9 Å². The summed E-state index contributed by atoms with van der Waals surface area (Å²) in [4.78, 5) is 60.7. The van der Waals surface area contributed by atoms with Crippen molar-refractivity contribution in [1.29, 1.82) is 0 Å². The molecule has 12 heteroatoms. The molecule has 2 bridgehead atoms. The zero-order chi connectivity index (χ0) is 35.8. The zero-order valence-corrected chi connectivity index (χ0v) is 31.4. The average molecular weight is 669 g/mol. The summed E-state index contributed by atoms with van der Waals surface area (Å²) >= 11 is 0. The molecule has 0 aromatic rings. The van der Waals surface area contributed by atoms with E-state index >= 15 is 0 Å². The summed E-state index contributed by atoms with van der Waals surface area (Å²) in [5, 5.41) is 0. The quantitative estimate of drug-likeness (QED) is 0.278.